The van der Waals surface area contributed by atoms with Gasteiger partial charge in [0.1, 0.15) is 11.2 Å². The van der Waals surface area contributed by atoms with Gasteiger partial charge in [0.05, 0.1) is 11.6 Å². The number of hydrogen-bond acceptors (Lipinski definition) is 5. The van der Waals surface area contributed by atoms with Gasteiger partial charge in [-0.05, 0) is 54.2 Å². The Morgan fingerprint density at radius 3 is 2.83 bits per heavy atom. The second-order valence-electron chi connectivity index (χ2n) is 8.86. The van der Waals surface area contributed by atoms with E-state index in [1.165, 1.54) is 28.8 Å². The van der Waals surface area contributed by atoms with Crippen molar-refractivity contribution in [2.45, 2.75) is 53.4 Å². The van der Waals surface area contributed by atoms with Crippen molar-refractivity contribution < 1.29 is 0 Å². The lowest BCUT2D eigenvalue weighted by molar-refractivity contribution is 0.184. The Bertz CT molecular complexity index is 1080. The van der Waals surface area contributed by atoms with Gasteiger partial charge >= 0.3 is 0 Å². The quantitative estimate of drug-likeness (QED) is 0.356. The van der Waals surface area contributed by atoms with Crippen molar-refractivity contribution in [3.05, 3.63) is 58.2 Å². The van der Waals surface area contributed by atoms with Crippen LogP contribution >= 0.6 is 11.3 Å². The van der Waals surface area contributed by atoms with Crippen molar-refractivity contribution >= 4 is 39.7 Å². The molecule has 156 valence electrons. The lowest BCUT2D eigenvalue weighted by Crippen LogP contribution is -2.28. The van der Waals surface area contributed by atoms with Crippen LogP contribution in [0.15, 0.2) is 47.3 Å². The summed E-state index contributed by atoms with van der Waals surface area (Å²) in [5, 5.41) is 5.63. The zero-order valence-corrected chi connectivity index (χ0v) is 19.1. The molecule has 1 atom stereocenters. The highest BCUT2D eigenvalue weighted by Gasteiger charge is 2.33. The Morgan fingerprint density at radius 1 is 1.27 bits per heavy atom. The predicted molar refractivity (Wildman–Crippen MR) is 129 cm³/mol. The molecule has 1 unspecified atom stereocenters. The van der Waals surface area contributed by atoms with Gasteiger partial charge in [-0.25, -0.2) is 9.97 Å². The Kier molecular flexibility index (Phi) is 6.00. The first-order chi connectivity index (χ1) is 14.5. The predicted octanol–water partition coefficient (Wildman–Crippen LogP) is 6.73. The van der Waals surface area contributed by atoms with Crippen molar-refractivity contribution in [1.82, 2.24) is 9.97 Å². The van der Waals surface area contributed by atoms with E-state index in [9.17, 15) is 0 Å². The monoisotopic (exact) mass is 418 g/mol. The number of anilines is 1. The molecule has 0 radical (unpaired) electrons. The molecule has 4 nitrogen and oxygen atoms in total. The number of allylic oxidation sites excluding steroid dienone is 1. The van der Waals surface area contributed by atoms with Crippen molar-refractivity contribution in [2.24, 2.45) is 16.4 Å². The van der Waals surface area contributed by atoms with E-state index in [1.54, 1.807) is 6.33 Å². The standard InChI is InChI=1S/C25H30N4S/c1-5-25(3,4)19-11-12-21-20(14-19)22-23(26-16-27-24(22)30-21)29-28-15-17(2)13-18-9-7-6-8-10-18/h6-10,13,15-16,19H,5,11-12,14H2,1-4H3,(H,26,27,29)/b17-13+,28-15-. The molecule has 1 aromatic carbocycles. The van der Waals surface area contributed by atoms with Crippen LogP contribution in [0.1, 0.15) is 56.5 Å². The van der Waals surface area contributed by atoms with E-state index in [0.29, 0.717) is 11.3 Å². The van der Waals surface area contributed by atoms with E-state index in [4.69, 9.17) is 0 Å². The van der Waals surface area contributed by atoms with Crippen LogP contribution in [0.5, 0.6) is 0 Å². The molecule has 0 saturated carbocycles. The van der Waals surface area contributed by atoms with Gasteiger partial charge in [0.2, 0.25) is 0 Å². The Morgan fingerprint density at radius 2 is 2.07 bits per heavy atom. The normalized spacial score (nSPS) is 17.5. The van der Waals surface area contributed by atoms with Crippen molar-refractivity contribution in [1.29, 1.82) is 0 Å². The number of thiophene rings is 1. The number of benzene rings is 1. The number of hydrogen-bond donors (Lipinski definition) is 1. The van der Waals surface area contributed by atoms with Crippen LogP contribution in [-0.2, 0) is 12.8 Å². The molecule has 0 saturated heterocycles. The summed E-state index contributed by atoms with van der Waals surface area (Å²) in [6, 6.07) is 10.3. The number of hydrazone groups is 1. The summed E-state index contributed by atoms with van der Waals surface area (Å²) in [6.45, 7) is 9.16. The first-order valence-corrected chi connectivity index (χ1v) is 11.6. The van der Waals surface area contributed by atoms with Gasteiger partial charge in [0.25, 0.3) is 0 Å². The minimum atomic E-state index is 0.354. The van der Waals surface area contributed by atoms with E-state index in [2.05, 4.69) is 66.4 Å². The van der Waals surface area contributed by atoms with Gasteiger partial charge in [-0.1, -0.05) is 63.6 Å². The fourth-order valence-corrected chi connectivity index (χ4v) is 5.38. The number of rotatable bonds is 6. The Balaban J connectivity index is 1.58. The molecular weight excluding hydrogens is 388 g/mol. The Labute approximate surface area is 183 Å². The number of aryl methyl sites for hydroxylation is 1. The first-order valence-electron chi connectivity index (χ1n) is 10.8. The van der Waals surface area contributed by atoms with Crippen LogP contribution in [0.2, 0.25) is 0 Å². The first kappa shape index (κ1) is 20.7. The van der Waals surface area contributed by atoms with Crippen LogP contribution in [0.3, 0.4) is 0 Å². The zero-order chi connectivity index (χ0) is 21.1. The molecule has 2 heterocycles. The second kappa shape index (κ2) is 8.68. The molecule has 3 aromatic rings. The van der Waals surface area contributed by atoms with Crippen LogP contribution in [0.4, 0.5) is 5.82 Å². The van der Waals surface area contributed by atoms with Crippen molar-refractivity contribution in [3.63, 3.8) is 0 Å². The minimum absolute atomic E-state index is 0.354. The van der Waals surface area contributed by atoms with Crippen LogP contribution in [0, 0.1) is 11.3 Å². The molecule has 0 amide bonds. The number of nitrogens with one attached hydrogen (secondary N) is 1. The third-order valence-electron chi connectivity index (χ3n) is 6.49. The molecule has 1 N–H and O–H groups in total. The molecular formula is C25H30N4S. The van der Waals surface area contributed by atoms with E-state index in [-0.39, 0.29) is 0 Å². The molecule has 1 aliphatic rings. The Hall–Kier alpha value is -2.53. The molecule has 0 spiro atoms. The fourth-order valence-electron chi connectivity index (χ4n) is 4.19. The molecule has 4 rings (SSSR count). The number of nitrogens with zero attached hydrogens (tertiary/aromatic N) is 3. The lowest BCUT2D eigenvalue weighted by atomic mass is 9.69. The summed E-state index contributed by atoms with van der Waals surface area (Å²) in [5.41, 5.74) is 7.23. The van der Waals surface area contributed by atoms with Crippen molar-refractivity contribution in [2.75, 3.05) is 5.43 Å². The van der Waals surface area contributed by atoms with Gasteiger partial charge in [-0.2, -0.15) is 5.10 Å². The molecule has 0 aliphatic heterocycles. The topological polar surface area (TPSA) is 50.2 Å². The van der Waals surface area contributed by atoms with E-state index < -0.39 is 0 Å². The molecule has 2 aromatic heterocycles. The van der Waals surface area contributed by atoms with Crippen LogP contribution in [0.25, 0.3) is 16.3 Å². The average molecular weight is 419 g/mol. The fraction of sp³-hybridized carbons (Fsp3) is 0.400. The largest absolute Gasteiger partial charge is 0.261 e. The van der Waals surface area contributed by atoms with Crippen molar-refractivity contribution in [3.8, 4) is 0 Å². The molecule has 1 aliphatic carbocycles. The van der Waals surface area contributed by atoms with E-state index in [0.717, 1.165) is 34.4 Å². The molecule has 30 heavy (non-hydrogen) atoms. The third kappa shape index (κ3) is 4.31. The molecule has 5 heteroatoms. The maximum absolute atomic E-state index is 4.56. The highest BCUT2D eigenvalue weighted by Crippen LogP contribution is 2.45. The third-order valence-corrected chi connectivity index (χ3v) is 7.69. The number of fused-ring (bicyclic) bond motifs is 3. The SMILES string of the molecule is CCC(C)(C)C1CCc2sc3ncnc(N/N=C\C(C)=C\c4ccccc4)c3c2C1. The van der Waals surface area contributed by atoms with Crippen LogP contribution < -0.4 is 5.43 Å². The highest BCUT2D eigenvalue weighted by atomic mass is 32.1. The van der Waals surface area contributed by atoms with Gasteiger partial charge in [-0.15, -0.1) is 11.3 Å². The van der Waals surface area contributed by atoms with Gasteiger partial charge in [0, 0.05) is 4.88 Å². The lowest BCUT2D eigenvalue weighted by Gasteiger charge is -2.36. The van der Waals surface area contributed by atoms with E-state index in [1.807, 2.05) is 35.8 Å². The number of aromatic nitrogens is 2. The van der Waals surface area contributed by atoms with E-state index >= 15 is 0 Å². The summed E-state index contributed by atoms with van der Waals surface area (Å²) in [5.74, 6) is 1.51. The summed E-state index contributed by atoms with van der Waals surface area (Å²) in [6.07, 6.45) is 10.3. The molecule has 0 bridgehead atoms. The van der Waals surface area contributed by atoms with Gasteiger partial charge in [0.15, 0.2) is 5.82 Å². The maximum Gasteiger partial charge on any atom is 0.158 e. The van der Waals surface area contributed by atoms with Gasteiger partial charge in [-0.3, -0.25) is 5.43 Å². The highest BCUT2D eigenvalue weighted by molar-refractivity contribution is 7.19. The summed E-state index contributed by atoms with van der Waals surface area (Å²) < 4.78 is 0. The minimum Gasteiger partial charge on any atom is -0.261 e. The average Bonchev–Trinajstić information content (AvgIpc) is 3.13. The summed E-state index contributed by atoms with van der Waals surface area (Å²) >= 11 is 1.82. The smallest absolute Gasteiger partial charge is 0.158 e. The van der Waals surface area contributed by atoms with Gasteiger partial charge < -0.3 is 0 Å². The molecule has 0 fully saturated rings. The summed E-state index contributed by atoms with van der Waals surface area (Å²) in [7, 11) is 0. The second-order valence-corrected chi connectivity index (χ2v) is 9.94. The maximum atomic E-state index is 4.56. The zero-order valence-electron chi connectivity index (χ0n) is 18.3. The summed E-state index contributed by atoms with van der Waals surface area (Å²) in [4.78, 5) is 11.6. The van der Waals surface area contributed by atoms with Crippen LogP contribution in [-0.4, -0.2) is 16.2 Å².